The van der Waals surface area contributed by atoms with Crippen LogP contribution < -0.4 is 0 Å². The summed E-state index contributed by atoms with van der Waals surface area (Å²) in [5.74, 6) is 0.954. The summed E-state index contributed by atoms with van der Waals surface area (Å²) in [5.41, 5.74) is 0. The Morgan fingerprint density at radius 3 is 2.83 bits per heavy atom. The molecule has 1 rings (SSSR count). The predicted octanol–water partition coefficient (Wildman–Crippen LogP) is 1.11. The van der Waals surface area contributed by atoms with Crippen LogP contribution in [0.15, 0.2) is 5.76 Å². The quantitative estimate of drug-likeness (QED) is 0.426. The van der Waals surface area contributed by atoms with Gasteiger partial charge in [-0.2, -0.15) is 0 Å². The van der Waals surface area contributed by atoms with E-state index in [4.69, 9.17) is 4.74 Å². The zero-order valence-electron chi connectivity index (χ0n) is 3.82. The van der Waals surface area contributed by atoms with E-state index in [0.717, 1.165) is 18.8 Å². The molecule has 33 valence electrons. The first-order valence-corrected chi connectivity index (χ1v) is 2.10. The van der Waals surface area contributed by atoms with Crippen LogP contribution in [0, 0.1) is 6.08 Å². The van der Waals surface area contributed by atoms with Crippen LogP contribution in [0.1, 0.15) is 13.3 Å². The minimum absolute atomic E-state index is 0.839. The van der Waals surface area contributed by atoms with Gasteiger partial charge in [-0.1, -0.05) is 0 Å². The van der Waals surface area contributed by atoms with Crippen LogP contribution in [0.2, 0.25) is 0 Å². The van der Waals surface area contributed by atoms with Gasteiger partial charge in [0.05, 0.1) is 12.4 Å². The van der Waals surface area contributed by atoms with Crippen molar-refractivity contribution in [1.29, 1.82) is 0 Å². The molecular formula is C5H7O. The van der Waals surface area contributed by atoms with E-state index in [9.17, 15) is 0 Å². The van der Waals surface area contributed by atoms with Crippen LogP contribution in [-0.2, 0) is 4.74 Å². The Bertz CT molecular complexity index is 74.0. The first-order valence-electron chi connectivity index (χ1n) is 2.10. The zero-order chi connectivity index (χ0) is 4.41. The zero-order valence-corrected chi connectivity index (χ0v) is 3.82. The minimum atomic E-state index is 0.839. The van der Waals surface area contributed by atoms with Crippen molar-refractivity contribution in [2.24, 2.45) is 0 Å². The molecular weight excluding hydrogens is 76.1 g/mol. The highest BCUT2D eigenvalue weighted by atomic mass is 16.5. The van der Waals surface area contributed by atoms with Crippen molar-refractivity contribution in [1.82, 2.24) is 0 Å². The second-order valence-corrected chi connectivity index (χ2v) is 1.33. The third kappa shape index (κ3) is 0.534. The van der Waals surface area contributed by atoms with Crippen LogP contribution >= 0.6 is 0 Å². The van der Waals surface area contributed by atoms with Gasteiger partial charge in [-0.3, -0.25) is 0 Å². The highest BCUT2D eigenvalue weighted by Crippen LogP contribution is 2.04. The van der Waals surface area contributed by atoms with E-state index < -0.39 is 0 Å². The summed E-state index contributed by atoms with van der Waals surface area (Å²) in [6.07, 6.45) is 3.99. The average Bonchev–Trinajstić information content (AvgIpc) is 1.86. The molecule has 0 amide bonds. The van der Waals surface area contributed by atoms with Crippen LogP contribution in [0.3, 0.4) is 0 Å². The molecule has 6 heavy (non-hydrogen) atoms. The maximum Gasteiger partial charge on any atom is 0.0966 e. The Labute approximate surface area is 37.6 Å². The van der Waals surface area contributed by atoms with Gasteiger partial charge in [-0.15, -0.1) is 0 Å². The summed E-state index contributed by atoms with van der Waals surface area (Å²) in [4.78, 5) is 0. The van der Waals surface area contributed by atoms with Crippen LogP contribution in [0.5, 0.6) is 0 Å². The molecule has 1 heteroatoms. The molecule has 0 aromatic rings. The Morgan fingerprint density at radius 1 is 1.83 bits per heavy atom. The highest BCUT2D eigenvalue weighted by Gasteiger charge is 1.95. The standard InChI is InChI=1S/C5H7O/c1-5-3-2-4-6-5/h2,4H2,1H3. The van der Waals surface area contributed by atoms with Crippen molar-refractivity contribution >= 4 is 0 Å². The van der Waals surface area contributed by atoms with E-state index in [1.807, 2.05) is 6.92 Å². The molecule has 0 spiro atoms. The predicted molar refractivity (Wildman–Crippen MR) is 23.0 cm³/mol. The Kier molecular flexibility index (Phi) is 0.825. The van der Waals surface area contributed by atoms with E-state index in [1.54, 1.807) is 0 Å². The average molecular weight is 83.1 g/mol. The molecule has 0 aromatic heterocycles. The summed E-state index contributed by atoms with van der Waals surface area (Å²) in [6, 6.07) is 0. The van der Waals surface area contributed by atoms with Crippen molar-refractivity contribution in [2.75, 3.05) is 6.61 Å². The Balaban J connectivity index is 2.45. The van der Waals surface area contributed by atoms with E-state index in [0.29, 0.717) is 0 Å². The highest BCUT2D eigenvalue weighted by molar-refractivity contribution is 4.85. The molecule has 1 nitrogen and oxygen atoms in total. The van der Waals surface area contributed by atoms with E-state index in [1.165, 1.54) is 0 Å². The first-order chi connectivity index (χ1) is 2.89. The van der Waals surface area contributed by atoms with Gasteiger partial charge in [0.15, 0.2) is 0 Å². The van der Waals surface area contributed by atoms with Gasteiger partial charge in [0.1, 0.15) is 0 Å². The molecule has 1 radical (unpaired) electrons. The monoisotopic (exact) mass is 83.0 g/mol. The van der Waals surface area contributed by atoms with E-state index >= 15 is 0 Å². The van der Waals surface area contributed by atoms with Crippen LogP contribution in [0.4, 0.5) is 0 Å². The molecule has 0 aliphatic carbocycles. The molecule has 0 unspecified atom stereocenters. The van der Waals surface area contributed by atoms with E-state index in [-0.39, 0.29) is 0 Å². The van der Waals surface area contributed by atoms with Gasteiger partial charge in [0.25, 0.3) is 0 Å². The summed E-state index contributed by atoms with van der Waals surface area (Å²) in [5, 5.41) is 0. The van der Waals surface area contributed by atoms with Gasteiger partial charge in [-0.05, 0) is 13.0 Å². The molecule has 0 saturated carbocycles. The normalized spacial score (nSPS) is 19.8. The second kappa shape index (κ2) is 1.33. The fourth-order valence-electron chi connectivity index (χ4n) is 0.482. The van der Waals surface area contributed by atoms with E-state index in [2.05, 4.69) is 6.08 Å². The second-order valence-electron chi connectivity index (χ2n) is 1.33. The molecule has 1 aliphatic rings. The SMILES string of the molecule is CC1=[C]CCO1. The van der Waals surface area contributed by atoms with Crippen molar-refractivity contribution in [3.05, 3.63) is 11.8 Å². The number of allylic oxidation sites excluding steroid dienone is 1. The fourth-order valence-corrected chi connectivity index (χ4v) is 0.482. The molecule has 0 atom stereocenters. The molecule has 0 fully saturated rings. The van der Waals surface area contributed by atoms with Crippen molar-refractivity contribution in [2.45, 2.75) is 13.3 Å². The van der Waals surface area contributed by atoms with Crippen molar-refractivity contribution in [3.8, 4) is 0 Å². The summed E-state index contributed by atoms with van der Waals surface area (Å²) >= 11 is 0. The van der Waals surface area contributed by atoms with Gasteiger partial charge >= 0.3 is 0 Å². The third-order valence-electron chi connectivity index (χ3n) is 0.795. The first kappa shape index (κ1) is 3.72. The van der Waals surface area contributed by atoms with Crippen molar-refractivity contribution in [3.63, 3.8) is 0 Å². The third-order valence-corrected chi connectivity index (χ3v) is 0.795. The number of rotatable bonds is 0. The molecule has 0 N–H and O–H groups in total. The molecule has 0 saturated heterocycles. The van der Waals surface area contributed by atoms with Gasteiger partial charge in [0.2, 0.25) is 0 Å². The van der Waals surface area contributed by atoms with Gasteiger partial charge < -0.3 is 4.74 Å². The fraction of sp³-hybridized carbons (Fsp3) is 0.600. The molecule has 0 bridgehead atoms. The lowest BCUT2D eigenvalue weighted by Gasteiger charge is -1.89. The maximum atomic E-state index is 4.96. The molecule has 0 aromatic carbocycles. The lowest BCUT2D eigenvalue weighted by Crippen LogP contribution is -1.76. The molecule has 1 heterocycles. The van der Waals surface area contributed by atoms with Crippen LogP contribution in [-0.4, -0.2) is 6.61 Å². The largest absolute Gasteiger partial charge is 0.498 e. The lowest BCUT2D eigenvalue weighted by atomic mass is 10.4. The number of ether oxygens (including phenoxy) is 1. The topological polar surface area (TPSA) is 9.23 Å². The number of hydrogen-bond acceptors (Lipinski definition) is 1. The maximum absolute atomic E-state index is 4.96. The summed E-state index contributed by atoms with van der Waals surface area (Å²) < 4.78 is 4.96. The molecule has 1 aliphatic heterocycles. The van der Waals surface area contributed by atoms with Crippen LogP contribution in [0.25, 0.3) is 0 Å². The summed E-state index contributed by atoms with van der Waals surface area (Å²) in [7, 11) is 0. The Morgan fingerprint density at radius 2 is 2.67 bits per heavy atom. The Hall–Kier alpha value is -0.460. The summed E-state index contributed by atoms with van der Waals surface area (Å²) in [6.45, 7) is 2.76. The van der Waals surface area contributed by atoms with Crippen molar-refractivity contribution < 1.29 is 4.74 Å². The van der Waals surface area contributed by atoms with Gasteiger partial charge in [0, 0.05) is 6.42 Å². The number of hydrogen-bond donors (Lipinski definition) is 0. The van der Waals surface area contributed by atoms with Gasteiger partial charge in [-0.25, -0.2) is 0 Å². The lowest BCUT2D eigenvalue weighted by molar-refractivity contribution is 0.246. The smallest absolute Gasteiger partial charge is 0.0966 e. The minimum Gasteiger partial charge on any atom is -0.498 e.